The van der Waals surface area contributed by atoms with Crippen molar-refractivity contribution in [2.24, 2.45) is 0 Å². The quantitative estimate of drug-likeness (QED) is 0.421. The summed E-state index contributed by atoms with van der Waals surface area (Å²) < 4.78 is 14.5. The zero-order chi connectivity index (χ0) is 19.7. The summed E-state index contributed by atoms with van der Waals surface area (Å²) in [6.07, 6.45) is -1.67. The maximum absolute atomic E-state index is 11.5. The van der Waals surface area contributed by atoms with Gasteiger partial charge in [-0.2, -0.15) is 0 Å². The van der Waals surface area contributed by atoms with Crippen molar-refractivity contribution in [1.29, 1.82) is 0 Å². The predicted molar refractivity (Wildman–Crippen MR) is 88.8 cm³/mol. The van der Waals surface area contributed by atoms with Crippen LogP contribution in [0, 0.1) is 0 Å². The molecular weight excluding hydrogens is 332 g/mol. The van der Waals surface area contributed by atoms with Crippen LogP contribution >= 0.6 is 0 Å². The van der Waals surface area contributed by atoms with E-state index in [1.165, 1.54) is 0 Å². The fourth-order valence-electron chi connectivity index (χ4n) is 1.39. The van der Waals surface area contributed by atoms with E-state index < -0.39 is 35.3 Å². The highest BCUT2D eigenvalue weighted by Gasteiger charge is 2.18. The number of alkyl carbamates (subject to hydrolysis) is 2. The van der Waals surface area contributed by atoms with Gasteiger partial charge in [-0.1, -0.05) is 0 Å². The number of esters is 2. The zero-order valence-corrected chi connectivity index (χ0v) is 15.7. The molecule has 0 atom stereocenters. The lowest BCUT2D eigenvalue weighted by Gasteiger charge is -2.19. The molecule has 0 radical (unpaired) electrons. The maximum atomic E-state index is 11.5. The van der Waals surface area contributed by atoms with Crippen LogP contribution in [0.2, 0.25) is 0 Å². The van der Waals surface area contributed by atoms with Gasteiger partial charge in [-0.3, -0.25) is 9.59 Å². The van der Waals surface area contributed by atoms with E-state index >= 15 is 0 Å². The highest BCUT2D eigenvalue weighted by atomic mass is 16.6. The summed E-state index contributed by atoms with van der Waals surface area (Å²) >= 11 is 0. The fourth-order valence-corrected chi connectivity index (χ4v) is 1.39. The first-order chi connectivity index (χ1) is 11.3. The van der Waals surface area contributed by atoms with Gasteiger partial charge in [0.2, 0.25) is 0 Å². The number of nitrogens with one attached hydrogen (secondary N) is 2. The van der Waals surface area contributed by atoms with Crippen molar-refractivity contribution in [3.05, 3.63) is 0 Å². The van der Waals surface area contributed by atoms with Gasteiger partial charge in [0.1, 0.15) is 11.2 Å². The molecule has 0 aliphatic carbocycles. The van der Waals surface area contributed by atoms with E-state index in [0.29, 0.717) is 0 Å². The van der Waals surface area contributed by atoms with Crippen LogP contribution in [0.4, 0.5) is 9.59 Å². The van der Waals surface area contributed by atoms with Crippen molar-refractivity contribution < 1.29 is 33.4 Å². The zero-order valence-electron chi connectivity index (χ0n) is 15.7. The Kier molecular flexibility index (Phi) is 8.94. The number of carbonyl (C=O) groups is 4. The monoisotopic (exact) mass is 360 g/mol. The molecule has 0 aliphatic rings. The molecule has 9 heteroatoms. The van der Waals surface area contributed by atoms with E-state index in [9.17, 15) is 19.2 Å². The molecule has 0 spiro atoms. The molecule has 2 N–H and O–H groups in total. The second kappa shape index (κ2) is 9.85. The fraction of sp³-hybridized carbons (Fsp3) is 0.750. The summed E-state index contributed by atoms with van der Waals surface area (Å²) in [7, 11) is 0. The van der Waals surface area contributed by atoms with Crippen LogP contribution in [0.25, 0.3) is 0 Å². The molecule has 0 heterocycles. The molecule has 0 saturated carbocycles. The Labute approximate surface area is 147 Å². The minimum atomic E-state index is -0.779. The van der Waals surface area contributed by atoms with Crippen LogP contribution in [-0.2, 0) is 23.8 Å². The van der Waals surface area contributed by atoms with E-state index in [1.807, 2.05) is 0 Å². The topological polar surface area (TPSA) is 120 Å². The average molecular weight is 360 g/mol. The van der Waals surface area contributed by atoms with Crippen LogP contribution in [0.15, 0.2) is 0 Å². The minimum absolute atomic E-state index is 0.0167. The van der Waals surface area contributed by atoms with E-state index in [-0.39, 0.29) is 25.9 Å². The van der Waals surface area contributed by atoms with E-state index in [0.717, 1.165) is 0 Å². The average Bonchev–Trinajstić information content (AvgIpc) is 2.33. The molecule has 0 aromatic heterocycles. The first-order valence-electron chi connectivity index (χ1n) is 7.96. The molecular formula is C16H28N2O7. The van der Waals surface area contributed by atoms with Crippen LogP contribution in [0.3, 0.4) is 0 Å². The van der Waals surface area contributed by atoms with Gasteiger partial charge in [0.05, 0.1) is 12.8 Å². The molecule has 0 bridgehead atoms. The lowest BCUT2D eigenvalue weighted by molar-refractivity contribution is -0.159. The Morgan fingerprint density at radius 2 is 1.00 bits per heavy atom. The minimum Gasteiger partial charge on any atom is -0.444 e. The Morgan fingerprint density at radius 1 is 0.680 bits per heavy atom. The van der Waals surface area contributed by atoms with Crippen LogP contribution < -0.4 is 10.6 Å². The number of rotatable bonds is 6. The Morgan fingerprint density at radius 3 is 1.28 bits per heavy atom. The smallest absolute Gasteiger partial charge is 0.407 e. The summed E-state index contributed by atoms with van der Waals surface area (Å²) in [6, 6.07) is 0. The summed E-state index contributed by atoms with van der Waals surface area (Å²) in [5.41, 5.74) is -1.27. The first-order valence-corrected chi connectivity index (χ1v) is 7.96. The molecule has 0 fully saturated rings. The van der Waals surface area contributed by atoms with Crippen LogP contribution in [0.1, 0.15) is 54.4 Å². The van der Waals surface area contributed by atoms with E-state index in [1.54, 1.807) is 41.5 Å². The summed E-state index contributed by atoms with van der Waals surface area (Å²) in [5, 5.41) is 4.75. The molecule has 0 aromatic rings. The van der Waals surface area contributed by atoms with Crippen molar-refractivity contribution in [3.63, 3.8) is 0 Å². The number of ether oxygens (including phenoxy) is 3. The third-order valence-corrected chi connectivity index (χ3v) is 2.22. The van der Waals surface area contributed by atoms with E-state index in [2.05, 4.69) is 15.4 Å². The van der Waals surface area contributed by atoms with Gasteiger partial charge in [0.15, 0.2) is 0 Å². The third-order valence-electron chi connectivity index (χ3n) is 2.22. The van der Waals surface area contributed by atoms with E-state index in [4.69, 9.17) is 9.47 Å². The molecule has 2 amide bonds. The van der Waals surface area contributed by atoms with Gasteiger partial charge >= 0.3 is 24.1 Å². The molecule has 0 aromatic carbocycles. The van der Waals surface area contributed by atoms with Gasteiger partial charge in [-0.15, -0.1) is 0 Å². The second-order valence-electron chi connectivity index (χ2n) is 7.20. The molecule has 25 heavy (non-hydrogen) atoms. The molecule has 0 unspecified atom stereocenters. The van der Waals surface area contributed by atoms with Crippen LogP contribution in [0.5, 0.6) is 0 Å². The summed E-state index contributed by atoms with van der Waals surface area (Å²) in [5.74, 6) is -1.56. The second-order valence-corrected chi connectivity index (χ2v) is 7.20. The highest BCUT2D eigenvalue weighted by molar-refractivity contribution is 5.86. The molecule has 0 saturated heterocycles. The number of amides is 2. The van der Waals surface area contributed by atoms with Crippen LogP contribution in [-0.4, -0.2) is 48.4 Å². The predicted octanol–water partition coefficient (Wildman–Crippen LogP) is 1.89. The molecule has 144 valence electrons. The Balaban J connectivity index is 3.87. The van der Waals surface area contributed by atoms with Gasteiger partial charge in [0, 0.05) is 13.1 Å². The number of hydrogen-bond acceptors (Lipinski definition) is 7. The summed E-state index contributed by atoms with van der Waals surface area (Å²) in [4.78, 5) is 45.6. The molecule has 0 rings (SSSR count). The standard InChI is InChI=1S/C16H28N2O7/c1-15(2,3)24-13(21)17-9-7-11(19)23-12(20)8-10-18-14(22)25-16(4,5)6/h7-10H2,1-6H3,(H,17,21)(H,18,22). The van der Waals surface area contributed by atoms with Crippen molar-refractivity contribution in [2.45, 2.75) is 65.6 Å². The van der Waals surface area contributed by atoms with Gasteiger partial charge in [-0.05, 0) is 41.5 Å². The number of hydrogen-bond donors (Lipinski definition) is 2. The largest absolute Gasteiger partial charge is 0.444 e. The first kappa shape index (κ1) is 22.7. The normalized spacial score (nSPS) is 11.3. The third kappa shape index (κ3) is 15.0. The SMILES string of the molecule is CC(C)(C)OC(=O)NCCC(=O)OC(=O)CCNC(=O)OC(C)(C)C. The Hall–Kier alpha value is -2.32. The highest BCUT2D eigenvalue weighted by Crippen LogP contribution is 2.07. The molecule has 9 nitrogen and oxygen atoms in total. The van der Waals surface area contributed by atoms with Gasteiger partial charge in [-0.25, -0.2) is 9.59 Å². The lowest BCUT2D eigenvalue weighted by Crippen LogP contribution is -2.34. The lowest BCUT2D eigenvalue weighted by atomic mass is 10.2. The van der Waals surface area contributed by atoms with Crippen molar-refractivity contribution >= 4 is 24.1 Å². The van der Waals surface area contributed by atoms with Crippen molar-refractivity contribution in [1.82, 2.24) is 10.6 Å². The Bertz CT molecular complexity index is 446. The maximum Gasteiger partial charge on any atom is 0.407 e. The van der Waals surface area contributed by atoms with Gasteiger partial charge < -0.3 is 24.8 Å². The van der Waals surface area contributed by atoms with Crippen molar-refractivity contribution in [3.8, 4) is 0 Å². The van der Waals surface area contributed by atoms with Gasteiger partial charge in [0.25, 0.3) is 0 Å². The number of carbonyl (C=O) groups excluding carboxylic acids is 4. The van der Waals surface area contributed by atoms with Crippen molar-refractivity contribution in [2.75, 3.05) is 13.1 Å². The molecule has 0 aliphatic heterocycles. The summed E-state index contributed by atoms with van der Waals surface area (Å²) in [6.45, 7) is 10.2.